The first kappa shape index (κ1) is 18.7. The smallest absolute Gasteiger partial charge is 0.244 e. The van der Waals surface area contributed by atoms with Crippen molar-refractivity contribution in [2.24, 2.45) is 0 Å². The Kier molecular flexibility index (Phi) is 5.56. The van der Waals surface area contributed by atoms with Gasteiger partial charge in [0.15, 0.2) is 0 Å². The lowest BCUT2D eigenvalue weighted by Crippen LogP contribution is -2.21. The number of nitrogens with one attached hydrogen (secondary N) is 1. The van der Waals surface area contributed by atoms with E-state index in [4.69, 9.17) is 4.42 Å². The minimum absolute atomic E-state index is 0.130. The van der Waals surface area contributed by atoms with Gasteiger partial charge in [0.25, 0.3) is 0 Å². The molecule has 0 aliphatic rings. The molecule has 1 N–H and O–H groups in total. The molecular weight excluding hydrogens is 362 g/mol. The molecule has 0 saturated heterocycles. The predicted octanol–water partition coefficient (Wildman–Crippen LogP) is 4.57. The number of carbonyl (C=O) groups is 1. The Balaban J connectivity index is 1.45. The summed E-state index contributed by atoms with van der Waals surface area (Å²) in [5.41, 5.74) is 4.06. The molecule has 0 radical (unpaired) electrons. The number of benzene rings is 2. The van der Waals surface area contributed by atoms with Crippen LogP contribution in [0.3, 0.4) is 0 Å². The summed E-state index contributed by atoms with van der Waals surface area (Å²) in [5, 5.41) is 4.01. The third-order valence-electron chi connectivity index (χ3n) is 4.92. The fraction of sp³-hybridized carbons (Fsp3) is 0.167. The first-order valence-corrected chi connectivity index (χ1v) is 9.73. The van der Waals surface area contributed by atoms with Gasteiger partial charge in [-0.05, 0) is 23.3 Å². The highest BCUT2D eigenvalue weighted by Gasteiger charge is 2.10. The van der Waals surface area contributed by atoms with Crippen molar-refractivity contribution in [1.82, 2.24) is 14.9 Å². The number of carbonyl (C=O) groups excluding carboxylic acids is 1. The van der Waals surface area contributed by atoms with E-state index in [-0.39, 0.29) is 5.91 Å². The number of nitrogens with zero attached hydrogens (tertiary/aromatic N) is 2. The Hall–Kier alpha value is -3.60. The maximum Gasteiger partial charge on any atom is 0.244 e. The maximum absolute atomic E-state index is 12.4. The zero-order valence-corrected chi connectivity index (χ0v) is 16.3. The van der Waals surface area contributed by atoms with Gasteiger partial charge in [-0.2, -0.15) is 0 Å². The largest absolute Gasteiger partial charge is 0.460 e. The van der Waals surface area contributed by atoms with Crippen LogP contribution in [0.15, 0.2) is 77.7 Å². The molecule has 146 valence electrons. The summed E-state index contributed by atoms with van der Waals surface area (Å²) in [5.74, 6) is 0.760. The Labute approximate surface area is 169 Å². The Bertz CT molecular complexity index is 1140. The fourth-order valence-corrected chi connectivity index (χ4v) is 3.42. The molecule has 29 heavy (non-hydrogen) atoms. The summed E-state index contributed by atoms with van der Waals surface area (Å²) in [4.78, 5) is 16.5. The Morgan fingerprint density at radius 1 is 1.14 bits per heavy atom. The monoisotopic (exact) mass is 385 g/mol. The zero-order valence-electron chi connectivity index (χ0n) is 16.3. The second-order valence-electron chi connectivity index (χ2n) is 6.84. The number of imidazole rings is 1. The van der Waals surface area contributed by atoms with Crippen molar-refractivity contribution < 1.29 is 9.21 Å². The number of aryl methyl sites for hydroxylation is 1. The third kappa shape index (κ3) is 4.29. The second kappa shape index (κ2) is 8.61. The van der Waals surface area contributed by atoms with Crippen LogP contribution in [0.5, 0.6) is 0 Å². The molecule has 0 bridgehead atoms. The van der Waals surface area contributed by atoms with Gasteiger partial charge in [-0.25, -0.2) is 4.98 Å². The Morgan fingerprint density at radius 2 is 1.93 bits per heavy atom. The molecule has 0 aliphatic heterocycles. The van der Waals surface area contributed by atoms with Crippen LogP contribution < -0.4 is 5.32 Å². The summed E-state index contributed by atoms with van der Waals surface area (Å²) in [6.07, 6.45) is 9.68. The highest BCUT2D eigenvalue weighted by Crippen LogP contribution is 2.27. The summed E-state index contributed by atoms with van der Waals surface area (Å²) < 4.78 is 7.90. The summed E-state index contributed by atoms with van der Waals surface area (Å²) in [6, 6.07) is 16.0. The first-order chi connectivity index (χ1) is 14.2. The Morgan fingerprint density at radius 3 is 2.72 bits per heavy atom. The normalized spacial score (nSPS) is 11.3. The van der Waals surface area contributed by atoms with Gasteiger partial charge in [0.1, 0.15) is 11.3 Å². The van der Waals surface area contributed by atoms with Crippen LogP contribution in [0.25, 0.3) is 17.0 Å². The van der Waals surface area contributed by atoms with Crippen molar-refractivity contribution >= 4 is 23.0 Å². The molecule has 0 atom stereocenters. The van der Waals surface area contributed by atoms with Gasteiger partial charge in [-0.1, -0.05) is 49.4 Å². The van der Waals surface area contributed by atoms with Crippen molar-refractivity contribution in [3.63, 3.8) is 0 Å². The van der Waals surface area contributed by atoms with Crippen LogP contribution in [0.2, 0.25) is 0 Å². The molecule has 0 fully saturated rings. The van der Waals surface area contributed by atoms with E-state index in [0.717, 1.165) is 46.4 Å². The van der Waals surface area contributed by atoms with Gasteiger partial charge >= 0.3 is 0 Å². The van der Waals surface area contributed by atoms with Crippen LogP contribution in [-0.2, 0) is 24.3 Å². The number of aromatic nitrogens is 2. The number of hydrogen-bond donors (Lipinski definition) is 1. The van der Waals surface area contributed by atoms with Crippen molar-refractivity contribution in [2.45, 2.75) is 26.4 Å². The van der Waals surface area contributed by atoms with Crippen molar-refractivity contribution in [3.8, 4) is 0 Å². The van der Waals surface area contributed by atoms with E-state index in [1.165, 1.54) is 0 Å². The lowest BCUT2D eigenvalue weighted by molar-refractivity contribution is -0.116. The van der Waals surface area contributed by atoms with Crippen LogP contribution in [0.4, 0.5) is 0 Å². The van der Waals surface area contributed by atoms with Gasteiger partial charge in [0.2, 0.25) is 5.91 Å². The quantitative estimate of drug-likeness (QED) is 0.474. The van der Waals surface area contributed by atoms with E-state index < -0.39 is 0 Å². The second-order valence-corrected chi connectivity index (χ2v) is 6.84. The van der Waals surface area contributed by atoms with Crippen LogP contribution >= 0.6 is 0 Å². The number of furan rings is 1. The molecule has 0 aliphatic carbocycles. The minimum atomic E-state index is -0.130. The highest BCUT2D eigenvalue weighted by molar-refractivity contribution is 5.96. The average molecular weight is 385 g/mol. The van der Waals surface area contributed by atoms with Crippen molar-refractivity contribution in [2.75, 3.05) is 0 Å². The molecule has 0 spiro atoms. The summed E-state index contributed by atoms with van der Waals surface area (Å²) in [6.45, 7) is 3.25. The van der Waals surface area contributed by atoms with Crippen LogP contribution in [0.1, 0.15) is 29.4 Å². The van der Waals surface area contributed by atoms with Crippen LogP contribution in [-0.4, -0.2) is 15.5 Å². The lowest BCUT2D eigenvalue weighted by Gasteiger charge is -2.10. The molecule has 2 heterocycles. The fourth-order valence-electron chi connectivity index (χ4n) is 3.42. The SMILES string of the molecule is CCc1oc2ccccc2c1C=CC(=O)NCc1ccccc1Cn1ccnc1. The molecule has 1 amide bonds. The molecule has 2 aromatic carbocycles. The summed E-state index contributed by atoms with van der Waals surface area (Å²) >= 11 is 0. The zero-order chi connectivity index (χ0) is 20.1. The topological polar surface area (TPSA) is 60.1 Å². The van der Waals surface area contributed by atoms with Gasteiger partial charge < -0.3 is 14.3 Å². The molecule has 4 rings (SSSR count). The van der Waals surface area contributed by atoms with E-state index in [9.17, 15) is 4.79 Å². The standard InChI is InChI=1S/C24H23N3O2/c1-2-22-21(20-9-5-6-10-23(20)29-22)11-12-24(28)26-15-18-7-3-4-8-19(18)16-27-14-13-25-17-27/h3-14,17H,2,15-16H2,1H3,(H,26,28). The summed E-state index contributed by atoms with van der Waals surface area (Å²) in [7, 11) is 0. The van der Waals surface area contributed by atoms with Gasteiger partial charge in [-0.15, -0.1) is 0 Å². The number of amides is 1. The maximum atomic E-state index is 12.4. The van der Waals surface area contributed by atoms with Gasteiger partial charge in [-0.3, -0.25) is 4.79 Å². The molecule has 2 aromatic heterocycles. The van der Waals surface area contributed by atoms with Gasteiger partial charge in [0.05, 0.1) is 6.33 Å². The van der Waals surface area contributed by atoms with E-state index in [0.29, 0.717) is 6.54 Å². The van der Waals surface area contributed by atoms with E-state index in [1.807, 2.05) is 66.2 Å². The number of rotatable bonds is 7. The third-order valence-corrected chi connectivity index (χ3v) is 4.92. The molecule has 0 saturated carbocycles. The van der Waals surface area contributed by atoms with Crippen molar-refractivity contribution in [3.05, 3.63) is 95.8 Å². The van der Waals surface area contributed by atoms with Crippen LogP contribution in [0, 0.1) is 0 Å². The van der Waals surface area contributed by atoms with E-state index >= 15 is 0 Å². The van der Waals surface area contributed by atoms with Gasteiger partial charge in [0, 0.05) is 48.9 Å². The number of fused-ring (bicyclic) bond motifs is 1. The molecule has 5 nitrogen and oxygen atoms in total. The minimum Gasteiger partial charge on any atom is -0.460 e. The molecule has 4 aromatic rings. The number of hydrogen-bond acceptors (Lipinski definition) is 3. The highest BCUT2D eigenvalue weighted by atomic mass is 16.3. The number of para-hydroxylation sites is 1. The molecular formula is C24H23N3O2. The van der Waals surface area contributed by atoms with Crippen molar-refractivity contribution in [1.29, 1.82) is 0 Å². The molecule has 5 heteroatoms. The predicted molar refractivity (Wildman–Crippen MR) is 114 cm³/mol. The van der Waals surface area contributed by atoms with E-state index in [2.05, 4.69) is 16.4 Å². The first-order valence-electron chi connectivity index (χ1n) is 9.73. The lowest BCUT2D eigenvalue weighted by atomic mass is 10.1. The molecule has 0 unspecified atom stereocenters. The van der Waals surface area contributed by atoms with E-state index in [1.54, 1.807) is 18.6 Å². The average Bonchev–Trinajstić information content (AvgIpc) is 3.39.